The number of pyridine rings is 1. The summed E-state index contributed by atoms with van der Waals surface area (Å²) in [7, 11) is 1.55. The van der Waals surface area contributed by atoms with Crippen molar-refractivity contribution >= 4 is 17.5 Å². The number of para-hydroxylation sites is 2. The Bertz CT molecular complexity index is 762. The van der Waals surface area contributed by atoms with Gasteiger partial charge in [0.1, 0.15) is 17.1 Å². The Balaban J connectivity index is 2.11. The summed E-state index contributed by atoms with van der Waals surface area (Å²) in [6.45, 7) is 4.59. The van der Waals surface area contributed by atoms with Crippen molar-refractivity contribution in [2.45, 2.75) is 20.0 Å². The zero-order valence-corrected chi connectivity index (χ0v) is 15.1. The number of aromatic nitrogens is 1. The molecule has 0 aliphatic carbocycles. The van der Waals surface area contributed by atoms with Crippen LogP contribution in [0.1, 0.15) is 34.8 Å². The largest absolute Gasteiger partial charge is 0.489 e. The van der Waals surface area contributed by atoms with Crippen molar-refractivity contribution in [1.82, 2.24) is 10.3 Å². The number of nitrogens with zero attached hydrogens (tertiary/aromatic N) is 1. The molecule has 0 atom stereocenters. The minimum atomic E-state index is -0.420. The second kappa shape index (κ2) is 9.53. The van der Waals surface area contributed by atoms with Crippen LogP contribution in [0.2, 0.25) is 0 Å². The molecule has 2 aromatic rings. The Morgan fingerprint density at radius 1 is 1.04 bits per heavy atom. The molecule has 26 heavy (non-hydrogen) atoms. The number of nitrogens with one attached hydrogen (secondary N) is 2. The van der Waals surface area contributed by atoms with Crippen LogP contribution in [0, 0.1) is 0 Å². The molecule has 0 bridgehead atoms. The van der Waals surface area contributed by atoms with E-state index in [2.05, 4.69) is 15.6 Å². The fourth-order valence-corrected chi connectivity index (χ4v) is 2.16. The standard InChI is InChI=1S/C19H23N3O4/c1-13(2)26-17-10-5-4-7-14(17)22-19(24)16-9-6-8-15(21-16)18(23)20-11-12-25-3/h4-10,13H,11-12H2,1-3H3,(H,20,23)(H,22,24). The summed E-state index contributed by atoms with van der Waals surface area (Å²) in [6, 6.07) is 11.9. The highest BCUT2D eigenvalue weighted by molar-refractivity contribution is 6.04. The Hall–Kier alpha value is -2.93. The maximum Gasteiger partial charge on any atom is 0.274 e. The van der Waals surface area contributed by atoms with Gasteiger partial charge in [-0.1, -0.05) is 18.2 Å². The van der Waals surface area contributed by atoms with E-state index in [1.54, 1.807) is 43.5 Å². The lowest BCUT2D eigenvalue weighted by molar-refractivity contribution is 0.0932. The first kappa shape index (κ1) is 19.4. The lowest BCUT2D eigenvalue weighted by Crippen LogP contribution is -2.28. The Morgan fingerprint density at radius 2 is 1.73 bits per heavy atom. The number of carbonyl (C=O) groups excluding carboxylic acids is 2. The quantitative estimate of drug-likeness (QED) is 0.709. The molecule has 2 amide bonds. The first-order valence-electron chi connectivity index (χ1n) is 8.32. The molecule has 1 aromatic carbocycles. The number of anilines is 1. The van der Waals surface area contributed by atoms with Crippen LogP contribution in [0.3, 0.4) is 0 Å². The number of hydrogen-bond acceptors (Lipinski definition) is 5. The number of hydrogen-bond donors (Lipinski definition) is 2. The minimum absolute atomic E-state index is 0.0229. The third-order valence-corrected chi connectivity index (χ3v) is 3.30. The highest BCUT2D eigenvalue weighted by atomic mass is 16.5. The molecule has 0 saturated heterocycles. The highest BCUT2D eigenvalue weighted by Crippen LogP contribution is 2.25. The molecule has 7 nitrogen and oxygen atoms in total. The van der Waals surface area contributed by atoms with Crippen molar-refractivity contribution in [1.29, 1.82) is 0 Å². The Morgan fingerprint density at radius 3 is 2.42 bits per heavy atom. The molecular weight excluding hydrogens is 334 g/mol. The molecule has 0 saturated carbocycles. The zero-order chi connectivity index (χ0) is 18.9. The van der Waals surface area contributed by atoms with Gasteiger partial charge in [0.15, 0.2) is 0 Å². The van der Waals surface area contributed by atoms with Crippen molar-refractivity contribution in [3.05, 3.63) is 53.9 Å². The number of ether oxygens (including phenoxy) is 2. The molecule has 2 N–H and O–H groups in total. The van der Waals surface area contributed by atoms with Crippen molar-refractivity contribution in [3.8, 4) is 5.75 Å². The second-order valence-electron chi connectivity index (χ2n) is 5.77. The predicted molar refractivity (Wildman–Crippen MR) is 98.6 cm³/mol. The van der Waals surface area contributed by atoms with Crippen molar-refractivity contribution in [2.75, 3.05) is 25.6 Å². The molecular formula is C19H23N3O4. The van der Waals surface area contributed by atoms with Crippen LogP contribution < -0.4 is 15.4 Å². The van der Waals surface area contributed by atoms with Gasteiger partial charge in [0.05, 0.1) is 18.4 Å². The fourth-order valence-electron chi connectivity index (χ4n) is 2.16. The molecule has 1 aromatic heterocycles. The summed E-state index contributed by atoms with van der Waals surface area (Å²) in [4.78, 5) is 28.7. The molecule has 0 radical (unpaired) electrons. The number of carbonyl (C=O) groups is 2. The zero-order valence-electron chi connectivity index (χ0n) is 15.1. The van der Waals surface area contributed by atoms with E-state index >= 15 is 0 Å². The van der Waals surface area contributed by atoms with E-state index in [1.807, 2.05) is 19.9 Å². The molecule has 7 heteroatoms. The van der Waals surface area contributed by atoms with E-state index in [-0.39, 0.29) is 23.4 Å². The predicted octanol–water partition coefficient (Wildman–Crippen LogP) is 2.50. The summed E-state index contributed by atoms with van der Waals surface area (Å²) >= 11 is 0. The van der Waals surface area contributed by atoms with Gasteiger partial charge in [-0.2, -0.15) is 0 Å². The van der Waals surface area contributed by atoms with Gasteiger partial charge in [-0.25, -0.2) is 4.98 Å². The van der Waals surface area contributed by atoms with Gasteiger partial charge in [0, 0.05) is 13.7 Å². The first-order valence-corrected chi connectivity index (χ1v) is 8.32. The van der Waals surface area contributed by atoms with Gasteiger partial charge in [-0.15, -0.1) is 0 Å². The van der Waals surface area contributed by atoms with Gasteiger partial charge >= 0.3 is 0 Å². The van der Waals surface area contributed by atoms with Gasteiger partial charge < -0.3 is 20.1 Å². The van der Waals surface area contributed by atoms with Crippen LogP contribution in [0.15, 0.2) is 42.5 Å². The van der Waals surface area contributed by atoms with E-state index in [0.717, 1.165) is 0 Å². The topological polar surface area (TPSA) is 89.5 Å². The minimum Gasteiger partial charge on any atom is -0.489 e. The molecule has 0 spiro atoms. The van der Waals surface area contributed by atoms with Crippen molar-refractivity contribution < 1.29 is 19.1 Å². The van der Waals surface area contributed by atoms with Gasteiger partial charge in [0.2, 0.25) is 0 Å². The third kappa shape index (κ3) is 5.56. The van der Waals surface area contributed by atoms with Crippen LogP contribution >= 0.6 is 0 Å². The molecule has 1 heterocycles. The van der Waals surface area contributed by atoms with Gasteiger partial charge in [0.25, 0.3) is 11.8 Å². The van der Waals surface area contributed by atoms with Crippen molar-refractivity contribution in [3.63, 3.8) is 0 Å². The molecule has 138 valence electrons. The SMILES string of the molecule is COCCNC(=O)c1cccc(C(=O)Nc2ccccc2OC(C)C)n1. The number of amides is 2. The lowest BCUT2D eigenvalue weighted by atomic mass is 10.2. The smallest absolute Gasteiger partial charge is 0.274 e. The maximum absolute atomic E-state index is 12.5. The molecule has 0 fully saturated rings. The monoisotopic (exact) mass is 357 g/mol. The lowest BCUT2D eigenvalue weighted by Gasteiger charge is -2.14. The fraction of sp³-hybridized carbons (Fsp3) is 0.316. The van der Waals surface area contributed by atoms with Crippen LogP contribution in [-0.2, 0) is 4.74 Å². The summed E-state index contributed by atoms with van der Waals surface area (Å²) in [6.07, 6.45) is -0.0229. The van der Waals surface area contributed by atoms with Gasteiger partial charge in [-0.3, -0.25) is 9.59 Å². The van der Waals surface area contributed by atoms with E-state index in [0.29, 0.717) is 24.6 Å². The van der Waals surface area contributed by atoms with E-state index in [9.17, 15) is 9.59 Å². The molecule has 0 aliphatic heterocycles. The third-order valence-electron chi connectivity index (χ3n) is 3.30. The summed E-state index contributed by atoms with van der Waals surface area (Å²) < 4.78 is 10.6. The van der Waals surface area contributed by atoms with Crippen LogP contribution in [0.25, 0.3) is 0 Å². The first-order chi connectivity index (χ1) is 12.5. The van der Waals surface area contributed by atoms with Crippen LogP contribution in [0.5, 0.6) is 5.75 Å². The summed E-state index contributed by atoms with van der Waals surface area (Å²) in [5, 5.41) is 5.44. The highest BCUT2D eigenvalue weighted by Gasteiger charge is 2.14. The summed E-state index contributed by atoms with van der Waals surface area (Å²) in [5.41, 5.74) is 0.854. The van der Waals surface area contributed by atoms with E-state index in [1.165, 1.54) is 0 Å². The molecule has 0 unspecified atom stereocenters. The van der Waals surface area contributed by atoms with E-state index < -0.39 is 5.91 Å². The van der Waals surface area contributed by atoms with Crippen LogP contribution in [-0.4, -0.2) is 43.2 Å². The van der Waals surface area contributed by atoms with Gasteiger partial charge in [-0.05, 0) is 38.1 Å². The average molecular weight is 357 g/mol. The average Bonchev–Trinajstić information content (AvgIpc) is 2.63. The van der Waals surface area contributed by atoms with Crippen molar-refractivity contribution in [2.24, 2.45) is 0 Å². The maximum atomic E-state index is 12.5. The molecule has 2 rings (SSSR count). The normalized spacial score (nSPS) is 10.5. The number of benzene rings is 1. The van der Waals surface area contributed by atoms with Crippen LogP contribution in [0.4, 0.5) is 5.69 Å². The Kier molecular flexibility index (Phi) is 7.11. The Labute approximate surface area is 152 Å². The molecule has 0 aliphatic rings. The van der Waals surface area contributed by atoms with E-state index in [4.69, 9.17) is 9.47 Å². The number of methoxy groups -OCH3 is 1. The second-order valence-corrected chi connectivity index (χ2v) is 5.77. The number of rotatable bonds is 8. The summed E-state index contributed by atoms with van der Waals surface area (Å²) in [5.74, 6) is -0.207.